The van der Waals surface area contributed by atoms with E-state index in [1.807, 2.05) is 0 Å². The lowest BCUT2D eigenvalue weighted by Gasteiger charge is -2.37. The summed E-state index contributed by atoms with van der Waals surface area (Å²) in [5, 5.41) is 47.2. The van der Waals surface area contributed by atoms with Gasteiger partial charge in [0, 0.05) is 67.7 Å². The largest absolute Gasteiger partial charge is 0.507 e. The molecule has 0 radical (unpaired) electrons. The van der Waals surface area contributed by atoms with Gasteiger partial charge in [-0.3, -0.25) is 29.0 Å². The molecule has 1 saturated heterocycles. The Balaban J connectivity index is 1.48. The van der Waals surface area contributed by atoms with Crippen LogP contribution in [-0.4, -0.2) is 111 Å². The topological polar surface area (TPSA) is 237 Å². The number of phenols is 1. The predicted octanol–water partition coefficient (Wildman–Crippen LogP) is 3.14. The van der Waals surface area contributed by atoms with Gasteiger partial charge in [0.05, 0.1) is 59.3 Å². The third kappa shape index (κ3) is 8.25. The monoisotopic (exact) mass is 822 g/mol. The second-order valence-electron chi connectivity index (χ2n) is 16.6. The minimum absolute atomic E-state index is 0.0441. The molecule has 0 unspecified atom stereocenters. The summed E-state index contributed by atoms with van der Waals surface area (Å²) >= 11 is 0. The standard InChI is InChI=1S/C43H54N2O14/c1-17-14-29(47)24-15-25(24)36(50)19(3)35(49)20(4)39(58-23(7)46)18(2)30(55-9)12-13-56-43(8)41(53)34-32-27(44-26-10-11-31(48)57-22(26)6)16-28(45-42(17)54)38(52)33(32)37(51)21(5)40(34)59-43/h12-14,16,18-20,22,24-26,30-31,35-36,39,48-51H,10-11,15H2,1-9H3,(H,45,54)/t18-,19+,20-,22+,24-,25-,26-,30-,31+,35-,36-,39-,43+/m1/s1. The highest BCUT2D eigenvalue weighted by atomic mass is 16.7. The fraction of sp³-hybridized carbons (Fsp3) is 0.581. The highest BCUT2D eigenvalue weighted by Crippen LogP contribution is 2.49. The summed E-state index contributed by atoms with van der Waals surface area (Å²) in [5.74, 6) is -9.25. The van der Waals surface area contributed by atoms with E-state index in [2.05, 4.69) is 5.32 Å². The molecule has 16 nitrogen and oxygen atoms in total. The summed E-state index contributed by atoms with van der Waals surface area (Å²) in [5.41, 5.74) is -0.683. The van der Waals surface area contributed by atoms with Crippen LogP contribution in [0.3, 0.4) is 0 Å². The van der Waals surface area contributed by atoms with Gasteiger partial charge in [0.1, 0.15) is 17.6 Å². The average molecular weight is 823 g/mol. The molecule has 0 aromatic heterocycles. The number of allylic oxidation sites excluding steroid dienone is 3. The van der Waals surface area contributed by atoms with Crippen LogP contribution in [0, 0.1) is 36.5 Å². The van der Waals surface area contributed by atoms with Gasteiger partial charge in [-0.1, -0.05) is 20.8 Å². The molecule has 1 amide bonds. The molecule has 13 atom stereocenters. The van der Waals surface area contributed by atoms with Crippen molar-refractivity contribution in [2.75, 3.05) is 7.11 Å². The molecule has 5 N–H and O–H groups in total. The number of nitrogens with one attached hydrogen (secondary N) is 1. The number of benzene rings is 1. The molecule has 5 bridgehead atoms. The number of Topliss-reactive ketones (excluding diaryl/α,β-unsaturated/α-hetero) is 2. The Hall–Kier alpha value is -4.74. The highest BCUT2D eigenvalue weighted by Gasteiger charge is 2.52. The van der Waals surface area contributed by atoms with Crippen LogP contribution in [0.2, 0.25) is 0 Å². The van der Waals surface area contributed by atoms with Crippen LogP contribution < -0.4 is 10.1 Å². The summed E-state index contributed by atoms with van der Waals surface area (Å²) in [4.78, 5) is 73.1. The van der Waals surface area contributed by atoms with Crippen molar-refractivity contribution in [3.63, 3.8) is 0 Å². The van der Waals surface area contributed by atoms with Gasteiger partial charge in [-0.25, -0.2) is 0 Å². The molecular formula is C43H54N2O14. The number of aliphatic hydroxyl groups is 3. The molecule has 0 spiro atoms. The molecule has 4 aliphatic heterocycles. The van der Waals surface area contributed by atoms with Crippen molar-refractivity contribution in [3.05, 3.63) is 58.0 Å². The number of ether oxygens (including phenoxy) is 5. The zero-order valence-corrected chi connectivity index (χ0v) is 34.7. The van der Waals surface area contributed by atoms with Crippen LogP contribution in [0.1, 0.15) is 99.6 Å². The number of phenolic OH excluding ortho intramolecular Hbond substituents is 1. The van der Waals surface area contributed by atoms with Gasteiger partial charge >= 0.3 is 11.8 Å². The molecule has 7 rings (SSSR count). The number of methoxy groups -OCH3 is 1. The van der Waals surface area contributed by atoms with Crippen LogP contribution in [0.5, 0.6) is 11.5 Å². The molecule has 6 aliphatic rings. The normalized spacial score (nSPS) is 37.2. The van der Waals surface area contributed by atoms with Crippen LogP contribution >= 0.6 is 0 Å². The second-order valence-corrected chi connectivity index (χ2v) is 16.6. The van der Waals surface area contributed by atoms with Crippen molar-refractivity contribution < 1.29 is 68.1 Å². The first-order chi connectivity index (χ1) is 27.7. The number of fused-ring (bicyclic) bond motifs is 12. The molecule has 4 heterocycles. The Morgan fingerprint density at radius 2 is 1.64 bits per heavy atom. The van der Waals surface area contributed by atoms with Crippen molar-refractivity contribution in [1.29, 1.82) is 0 Å². The molecule has 1 saturated carbocycles. The van der Waals surface area contributed by atoms with E-state index in [-0.39, 0.29) is 51.4 Å². The van der Waals surface area contributed by atoms with Gasteiger partial charge < -0.3 is 49.4 Å². The number of rotatable bonds is 3. The van der Waals surface area contributed by atoms with Crippen LogP contribution in [0.4, 0.5) is 0 Å². The van der Waals surface area contributed by atoms with Crippen LogP contribution in [0.15, 0.2) is 40.8 Å². The molecule has 1 aromatic rings. The lowest BCUT2D eigenvalue weighted by molar-refractivity contribution is -0.162. The molecule has 320 valence electrons. The zero-order chi connectivity index (χ0) is 43.4. The smallest absolute Gasteiger partial charge is 0.312 e. The number of ketones is 3. The van der Waals surface area contributed by atoms with Crippen LogP contribution in [0.25, 0.3) is 0 Å². The minimum Gasteiger partial charge on any atom is -0.507 e. The van der Waals surface area contributed by atoms with Crippen molar-refractivity contribution in [1.82, 2.24) is 5.32 Å². The summed E-state index contributed by atoms with van der Waals surface area (Å²) in [6.45, 7) is 12.2. The lowest BCUT2D eigenvalue weighted by Crippen LogP contribution is -2.46. The SMILES string of the molecule is CO[C@@H]1C=CO[C@@]2(C)Oc3c(C)c(O)c4c(c3C2=O)C(=N[C@@H]2CC[C@@H](O)O[C@H]2C)C=C(NC(=O)C(C)=CC(=O)[C@@H]2C[C@H]2[C@H](O)[C@@H](C)[C@@H](O)[C@@H](C)[C@H](OC(C)=O)[C@@H]1C)C4=O. The molecule has 59 heavy (non-hydrogen) atoms. The van der Waals surface area contributed by atoms with Crippen molar-refractivity contribution in [2.45, 2.75) is 123 Å². The fourth-order valence-electron chi connectivity index (χ4n) is 8.69. The summed E-state index contributed by atoms with van der Waals surface area (Å²) < 4.78 is 29.3. The molecule has 2 fully saturated rings. The average Bonchev–Trinajstić information content (AvgIpc) is 3.94. The lowest BCUT2D eigenvalue weighted by atomic mass is 9.79. The summed E-state index contributed by atoms with van der Waals surface area (Å²) in [6, 6.07) is -0.576. The zero-order valence-electron chi connectivity index (χ0n) is 34.7. The predicted molar refractivity (Wildman–Crippen MR) is 209 cm³/mol. The number of carbonyl (C=O) groups is 5. The summed E-state index contributed by atoms with van der Waals surface area (Å²) in [7, 11) is 1.42. The Morgan fingerprint density at radius 1 is 0.949 bits per heavy atom. The number of aliphatic imine (C=N–C) groups is 1. The number of hydrogen-bond donors (Lipinski definition) is 5. The van der Waals surface area contributed by atoms with Crippen molar-refractivity contribution in [2.24, 2.45) is 34.6 Å². The van der Waals surface area contributed by atoms with E-state index in [1.165, 1.54) is 53.2 Å². The van der Waals surface area contributed by atoms with Gasteiger partial charge in [0.25, 0.3) is 11.7 Å². The van der Waals surface area contributed by atoms with Gasteiger partial charge in [-0.2, -0.15) is 0 Å². The second kappa shape index (κ2) is 16.7. The Labute approximate surface area is 342 Å². The van der Waals surface area contributed by atoms with E-state index < -0.39 is 113 Å². The van der Waals surface area contributed by atoms with Gasteiger partial charge in [0.2, 0.25) is 5.78 Å². The van der Waals surface area contributed by atoms with Crippen molar-refractivity contribution in [3.8, 4) is 11.5 Å². The molecule has 1 aromatic carbocycles. The number of hydrogen-bond acceptors (Lipinski definition) is 15. The number of esters is 1. The first-order valence-electron chi connectivity index (χ1n) is 20.0. The first-order valence-corrected chi connectivity index (χ1v) is 20.0. The molecule has 2 aliphatic carbocycles. The van der Waals surface area contributed by atoms with Crippen molar-refractivity contribution >= 4 is 34.9 Å². The fourth-order valence-corrected chi connectivity index (χ4v) is 8.69. The van der Waals surface area contributed by atoms with Gasteiger partial charge in [0.15, 0.2) is 12.1 Å². The molecule has 16 heteroatoms. The number of amides is 1. The van der Waals surface area contributed by atoms with E-state index in [1.54, 1.807) is 27.7 Å². The number of nitrogens with zero attached hydrogens (tertiary/aromatic N) is 1. The number of aliphatic hydroxyl groups excluding tert-OH is 3. The van der Waals surface area contributed by atoms with E-state index >= 15 is 0 Å². The Bertz CT molecular complexity index is 2050. The van der Waals surface area contributed by atoms with E-state index in [9.17, 15) is 44.4 Å². The number of aromatic hydroxyl groups is 1. The Kier molecular flexibility index (Phi) is 12.4. The number of carbonyl (C=O) groups excluding carboxylic acids is 5. The third-order valence-electron chi connectivity index (χ3n) is 12.4. The summed E-state index contributed by atoms with van der Waals surface area (Å²) in [6.07, 6.45) is 0.385. The molecular weight excluding hydrogens is 768 g/mol. The quantitative estimate of drug-likeness (QED) is 0.276. The maximum Gasteiger partial charge on any atom is 0.312 e. The van der Waals surface area contributed by atoms with E-state index in [0.29, 0.717) is 12.8 Å². The minimum atomic E-state index is -2.03. The first kappa shape index (κ1) is 43.8. The van der Waals surface area contributed by atoms with E-state index in [4.69, 9.17) is 28.7 Å². The van der Waals surface area contributed by atoms with Crippen LogP contribution in [-0.2, 0) is 33.3 Å². The Morgan fingerprint density at radius 3 is 2.29 bits per heavy atom. The highest BCUT2D eigenvalue weighted by molar-refractivity contribution is 6.32. The maximum absolute atomic E-state index is 14.5. The maximum atomic E-state index is 14.5. The van der Waals surface area contributed by atoms with Gasteiger partial charge in [-0.15, -0.1) is 0 Å². The third-order valence-corrected chi connectivity index (χ3v) is 12.4. The van der Waals surface area contributed by atoms with Gasteiger partial charge in [-0.05, 0) is 57.8 Å². The van der Waals surface area contributed by atoms with E-state index in [0.717, 1.165) is 6.08 Å².